The number of amides is 2. The number of carbonyl (C=O) groups is 2. The summed E-state index contributed by atoms with van der Waals surface area (Å²) in [6, 6.07) is 7.55. The molecule has 0 aliphatic rings. The summed E-state index contributed by atoms with van der Waals surface area (Å²) in [6.45, 7) is -5.03. The summed E-state index contributed by atoms with van der Waals surface area (Å²) in [5, 5.41) is 5.16. The van der Waals surface area contributed by atoms with Gasteiger partial charge in [-0.2, -0.15) is 17.6 Å². The molecule has 0 aliphatic carbocycles. The van der Waals surface area contributed by atoms with E-state index in [1.54, 1.807) is 0 Å². The fourth-order valence-electron chi connectivity index (χ4n) is 2.26. The third-order valence-corrected chi connectivity index (χ3v) is 3.70. The van der Waals surface area contributed by atoms with Gasteiger partial charge in [0.1, 0.15) is 11.5 Å². The van der Waals surface area contributed by atoms with Gasteiger partial charge in [-0.05, 0) is 36.4 Å². The molecule has 30 heavy (non-hydrogen) atoms. The lowest BCUT2D eigenvalue weighted by Crippen LogP contribution is -2.09. The molecular formula is C19H15ClF4N2O4. The number of hydrogen-bond donors (Lipinski definition) is 2. The van der Waals surface area contributed by atoms with Gasteiger partial charge >= 0.3 is 13.2 Å². The van der Waals surface area contributed by atoms with Crippen LogP contribution in [0.5, 0.6) is 11.5 Å². The van der Waals surface area contributed by atoms with Gasteiger partial charge in [-0.3, -0.25) is 9.59 Å². The Bertz CT molecular complexity index is 954. The molecule has 0 bridgehead atoms. The third-order valence-electron chi connectivity index (χ3n) is 3.39. The molecular weight excluding hydrogens is 432 g/mol. The van der Waals surface area contributed by atoms with Gasteiger partial charge in [-0.25, -0.2) is 0 Å². The monoisotopic (exact) mass is 446 g/mol. The van der Waals surface area contributed by atoms with Crippen molar-refractivity contribution in [3.8, 4) is 11.5 Å². The second-order valence-corrected chi connectivity index (χ2v) is 6.06. The molecule has 2 amide bonds. The fourth-order valence-corrected chi connectivity index (χ4v) is 2.49. The molecule has 0 heterocycles. The van der Waals surface area contributed by atoms with Crippen LogP contribution in [0.1, 0.15) is 12.5 Å². The van der Waals surface area contributed by atoms with Crippen molar-refractivity contribution < 1.29 is 36.6 Å². The van der Waals surface area contributed by atoms with Crippen molar-refractivity contribution in [3.63, 3.8) is 0 Å². The van der Waals surface area contributed by atoms with Crippen LogP contribution in [-0.4, -0.2) is 25.0 Å². The molecule has 0 saturated carbocycles. The molecule has 6 nitrogen and oxygen atoms in total. The van der Waals surface area contributed by atoms with E-state index < -0.39 is 24.9 Å². The Kier molecular flexibility index (Phi) is 8.05. The predicted octanol–water partition coefficient (Wildman–Crippen LogP) is 5.15. The van der Waals surface area contributed by atoms with Gasteiger partial charge in [0.25, 0.3) is 0 Å². The molecule has 160 valence electrons. The van der Waals surface area contributed by atoms with Crippen LogP contribution in [0.25, 0.3) is 6.08 Å². The molecule has 11 heteroatoms. The molecule has 0 saturated heterocycles. The van der Waals surface area contributed by atoms with Crippen LogP contribution in [0.4, 0.5) is 28.9 Å². The zero-order valence-corrected chi connectivity index (χ0v) is 16.1. The maximum absolute atomic E-state index is 12.6. The van der Waals surface area contributed by atoms with Gasteiger partial charge in [0, 0.05) is 30.3 Å². The second kappa shape index (κ2) is 10.5. The zero-order valence-electron chi connectivity index (χ0n) is 15.3. The average Bonchev–Trinajstić information content (AvgIpc) is 2.62. The summed E-state index contributed by atoms with van der Waals surface area (Å²) in [7, 11) is 0. The van der Waals surface area contributed by atoms with Gasteiger partial charge in [0.15, 0.2) is 0 Å². The maximum atomic E-state index is 12.6. The Morgan fingerprint density at radius 1 is 1.00 bits per heavy atom. The molecule has 2 aromatic carbocycles. The lowest BCUT2D eigenvalue weighted by molar-refractivity contribution is -0.114. The molecule has 2 N–H and O–H groups in total. The van der Waals surface area contributed by atoms with Crippen LogP contribution < -0.4 is 20.1 Å². The van der Waals surface area contributed by atoms with Crippen molar-refractivity contribution in [1.29, 1.82) is 0 Å². The molecule has 0 atom stereocenters. The first-order valence-corrected chi connectivity index (χ1v) is 8.61. The van der Waals surface area contributed by atoms with Gasteiger partial charge in [0.2, 0.25) is 11.8 Å². The highest BCUT2D eigenvalue weighted by Gasteiger charge is 2.13. The highest BCUT2D eigenvalue weighted by molar-refractivity contribution is 6.34. The third kappa shape index (κ3) is 7.28. The Hall–Kier alpha value is -3.27. The largest absolute Gasteiger partial charge is 0.435 e. The number of anilines is 2. The van der Waals surface area contributed by atoms with Gasteiger partial charge in [0.05, 0.1) is 10.7 Å². The molecule has 2 rings (SSSR count). The number of rotatable bonds is 8. The minimum Gasteiger partial charge on any atom is -0.435 e. The number of carbonyl (C=O) groups excluding carboxylic acids is 2. The average molecular weight is 447 g/mol. The van der Waals surface area contributed by atoms with E-state index >= 15 is 0 Å². The summed E-state index contributed by atoms with van der Waals surface area (Å²) < 4.78 is 58.2. The van der Waals surface area contributed by atoms with E-state index in [4.69, 9.17) is 11.6 Å². The van der Waals surface area contributed by atoms with Crippen molar-refractivity contribution in [2.75, 3.05) is 10.6 Å². The SMILES string of the molecule is CC(=O)Nc1ccc(NC(=O)/C=C/c2ccc(OC(F)F)cc2OC(F)F)c(Cl)c1. The van der Waals surface area contributed by atoms with Crippen molar-refractivity contribution in [2.24, 2.45) is 0 Å². The number of benzene rings is 2. The quantitative estimate of drug-likeness (QED) is 0.434. The summed E-state index contributed by atoms with van der Waals surface area (Å²) in [5.74, 6) is -1.78. The summed E-state index contributed by atoms with van der Waals surface area (Å²) in [6.07, 6.45) is 2.16. The topological polar surface area (TPSA) is 76.7 Å². The van der Waals surface area contributed by atoms with Crippen LogP contribution >= 0.6 is 11.6 Å². The van der Waals surface area contributed by atoms with E-state index in [1.165, 1.54) is 31.2 Å². The maximum Gasteiger partial charge on any atom is 0.387 e. The molecule has 0 aromatic heterocycles. The summed E-state index contributed by atoms with van der Waals surface area (Å²) >= 11 is 6.05. The van der Waals surface area contributed by atoms with Gasteiger partial charge < -0.3 is 20.1 Å². The van der Waals surface area contributed by atoms with Gasteiger partial charge in [-0.15, -0.1) is 0 Å². The lowest BCUT2D eigenvalue weighted by atomic mass is 10.1. The highest BCUT2D eigenvalue weighted by atomic mass is 35.5. The highest BCUT2D eigenvalue weighted by Crippen LogP contribution is 2.29. The van der Waals surface area contributed by atoms with E-state index in [0.29, 0.717) is 5.69 Å². The smallest absolute Gasteiger partial charge is 0.387 e. The molecule has 0 unspecified atom stereocenters. The number of hydrogen-bond acceptors (Lipinski definition) is 4. The summed E-state index contributed by atoms with van der Waals surface area (Å²) in [5.41, 5.74) is 0.699. The van der Waals surface area contributed by atoms with E-state index in [0.717, 1.165) is 24.3 Å². The van der Waals surface area contributed by atoms with Gasteiger partial charge in [-0.1, -0.05) is 11.6 Å². The van der Waals surface area contributed by atoms with Crippen molar-refractivity contribution in [3.05, 3.63) is 53.1 Å². The van der Waals surface area contributed by atoms with E-state index in [1.807, 2.05) is 0 Å². The van der Waals surface area contributed by atoms with Crippen molar-refractivity contribution in [1.82, 2.24) is 0 Å². The Morgan fingerprint density at radius 3 is 2.30 bits per heavy atom. The molecule has 0 fully saturated rings. The second-order valence-electron chi connectivity index (χ2n) is 5.66. The standard InChI is InChI=1S/C19H15ClF4N2O4/c1-10(27)25-12-4-6-15(14(20)8-12)26-17(28)7-3-11-2-5-13(29-18(21)22)9-16(11)30-19(23)24/h2-9,18-19H,1H3,(H,25,27)(H,26,28)/b7-3+. The van der Waals surface area contributed by atoms with Crippen LogP contribution in [0.3, 0.4) is 0 Å². The van der Waals surface area contributed by atoms with Crippen molar-refractivity contribution in [2.45, 2.75) is 20.1 Å². The molecule has 0 aliphatic heterocycles. The Morgan fingerprint density at radius 2 is 1.70 bits per heavy atom. The first kappa shape index (κ1) is 23.0. The molecule has 2 aromatic rings. The number of halogens is 5. The fraction of sp³-hybridized carbons (Fsp3) is 0.158. The van der Waals surface area contributed by atoms with E-state index in [9.17, 15) is 27.2 Å². The first-order valence-electron chi connectivity index (χ1n) is 8.24. The minimum absolute atomic E-state index is 0.0270. The van der Waals surface area contributed by atoms with E-state index in [2.05, 4.69) is 20.1 Å². The number of ether oxygens (including phenoxy) is 2. The van der Waals surface area contributed by atoms with Crippen LogP contribution in [0.2, 0.25) is 5.02 Å². The van der Waals surface area contributed by atoms with Crippen molar-refractivity contribution >= 4 is 40.9 Å². The Labute approximate surface area is 173 Å². The molecule has 0 spiro atoms. The first-order chi connectivity index (χ1) is 14.1. The lowest BCUT2D eigenvalue weighted by Gasteiger charge is -2.11. The number of alkyl halides is 4. The molecule has 0 radical (unpaired) electrons. The van der Waals surface area contributed by atoms with Crippen LogP contribution in [0, 0.1) is 0 Å². The zero-order chi connectivity index (χ0) is 22.3. The van der Waals surface area contributed by atoms with Crippen LogP contribution in [0.15, 0.2) is 42.5 Å². The predicted molar refractivity (Wildman–Crippen MR) is 103 cm³/mol. The normalized spacial score (nSPS) is 11.1. The van der Waals surface area contributed by atoms with E-state index in [-0.39, 0.29) is 27.9 Å². The minimum atomic E-state index is -3.21. The Balaban J connectivity index is 2.14. The number of nitrogens with one attached hydrogen (secondary N) is 2. The summed E-state index contributed by atoms with van der Waals surface area (Å²) in [4.78, 5) is 23.1. The van der Waals surface area contributed by atoms with Crippen LogP contribution in [-0.2, 0) is 9.59 Å².